The number of ether oxygens (including phenoxy) is 1. The van der Waals surface area contributed by atoms with Gasteiger partial charge in [-0.3, -0.25) is 0 Å². The van der Waals surface area contributed by atoms with Crippen LogP contribution in [0.4, 0.5) is 11.4 Å². The number of hydrogen-bond donors (Lipinski definition) is 0. The normalized spacial score (nSPS) is 20.0. The number of benzene rings is 5. The van der Waals surface area contributed by atoms with Crippen LogP contribution in [-0.4, -0.2) is 0 Å². The minimum Gasteiger partial charge on any atom is -0.456 e. The fourth-order valence-corrected chi connectivity index (χ4v) is 6.61. The first-order chi connectivity index (χ1) is 20.3. The molecule has 3 nitrogen and oxygen atoms in total. The highest BCUT2D eigenvalue weighted by Gasteiger charge is 2.32. The third-order valence-corrected chi connectivity index (χ3v) is 8.72. The lowest BCUT2D eigenvalue weighted by molar-refractivity contribution is 0.0441. The summed E-state index contributed by atoms with van der Waals surface area (Å²) < 4.78 is 12.7. The molecule has 0 aliphatic carbocycles. The van der Waals surface area contributed by atoms with Gasteiger partial charge in [0, 0.05) is 22.3 Å². The van der Waals surface area contributed by atoms with E-state index in [9.17, 15) is 0 Å². The van der Waals surface area contributed by atoms with E-state index < -0.39 is 0 Å². The van der Waals surface area contributed by atoms with Crippen LogP contribution in [0, 0.1) is 0 Å². The van der Waals surface area contributed by atoms with Gasteiger partial charge >= 0.3 is 0 Å². The highest BCUT2D eigenvalue weighted by molar-refractivity contribution is 5.82. The number of nitrogens with zero attached hydrogens (tertiary/aromatic N) is 1. The summed E-state index contributed by atoms with van der Waals surface area (Å²) in [7, 11) is 0. The average molecular weight is 534 g/mol. The molecule has 0 amide bonds. The maximum Gasteiger partial charge on any atom is 0.135 e. The maximum atomic E-state index is 6.60. The van der Waals surface area contributed by atoms with Gasteiger partial charge in [0.05, 0.1) is 18.2 Å². The molecule has 2 aliphatic heterocycles. The molecule has 6 aromatic rings. The smallest absolute Gasteiger partial charge is 0.135 e. The van der Waals surface area contributed by atoms with Crippen molar-refractivity contribution >= 4 is 22.3 Å². The van der Waals surface area contributed by atoms with E-state index in [1.807, 2.05) is 18.2 Å². The lowest BCUT2D eigenvalue weighted by Gasteiger charge is -2.28. The van der Waals surface area contributed by atoms with Crippen LogP contribution in [0.5, 0.6) is 0 Å². The summed E-state index contributed by atoms with van der Waals surface area (Å²) in [6, 6.07) is 47.9. The molecular weight excluding hydrogens is 502 g/mol. The van der Waals surface area contributed by atoms with Crippen LogP contribution >= 0.6 is 0 Å². The standard InChI is InChI=1S/C38H31NO2/c1-2-10-32(11-3-1)39-33-12-6-4-8-30(33)24-34(39)26-14-16-27(17-15-26)36-22-23-37(40-36)28-18-20-29(21-19-28)38-25-31-9-5-7-13-35(31)41-38/h1-21,25,34,36-37H,22-24H2. The predicted molar refractivity (Wildman–Crippen MR) is 165 cm³/mol. The largest absolute Gasteiger partial charge is 0.456 e. The number of hydrogen-bond acceptors (Lipinski definition) is 3. The summed E-state index contributed by atoms with van der Waals surface area (Å²) in [4.78, 5) is 2.49. The van der Waals surface area contributed by atoms with Gasteiger partial charge in [0.1, 0.15) is 11.3 Å². The van der Waals surface area contributed by atoms with Crippen molar-refractivity contribution in [3.63, 3.8) is 0 Å². The molecule has 0 radical (unpaired) electrons. The van der Waals surface area contributed by atoms with Gasteiger partial charge in [0.2, 0.25) is 0 Å². The number of para-hydroxylation sites is 3. The van der Waals surface area contributed by atoms with Crippen LogP contribution in [0.1, 0.15) is 53.3 Å². The van der Waals surface area contributed by atoms with Crippen molar-refractivity contribution in [3.8, 4) is 11.3 Å². The van der Waals surface area contributed by atoms with Crippen LogP contribution in [0.25, 0.3) is 22.3 Å². The van der Waals surface area contributed by atoms with Gasteiger partial charge in [0.25, 0.3) is 0 Å². The Morgan fingerprint density at radius 2 is 1.22 bits per heavy atom. The van der Waals surface area contributed by atoms with Crippen molar-refractivity contribution in [2.45, 2.75) is 37.5 Å². The summed E-state index contributed by atoms with van der Waals surface area (Å²) in [5, 5.41) is 1.13. The average Bonchev–Trinajstić information content (AvgIpc) is 3.79. The van der Waals surface area contributed by atoms with E-state index in [-0.39, 0.29) is 18.2 Å². The Morgan fingerprint density at radius 1 is 0.585 bits per heavy atom. The highest BCUT2D eigenvalue weighted by atomic mass is 16.5. The van der Waals surface area contributed by atoms with Gasteiger partial charge in [-0.1, -0.05) is 103 Å². The molecule has 3 heteroatoms. The predicted octanol–water partition coefficient (Wildman–Crippen LogP) is 10.1. The molecule has 3 heterocycles. The molecule has 3 unspecified atom stereocenters. The minimum atomic E-state index is 0.113. The molecule has 3 atom stereocenters. The van der Waals surface area contributed by atoms with Crippen LogP contribution in [0.15, 0.2) is 138 Å². The van der Waals surface area contributed by atoms with Crippen molar-refractivity contribution in [1.29, 1.82) is 0 Å². The fourth-order valence-electron chi connectivity index (χ4n) is 6.61. The maximum absolute atomic E-state index is 6.60. The van der Waals surface area contributed by atoms with E-state index in [4.69, 9.17) is 9.15 Å². The molecule has 0 N–H and O–H groups in total. The summed E-state index contributed by atoms with van der Waals surface area (Å²) in [6.07, 6.45) is 3.30. The van der Waals surface area contributed by atoms with E-state index in [0.717, 1.165) is 41.6 Å². The molecule has 1 fully saturated rings. The zero-order chi connectivity index (χ0) is 27.2. The monoisotopic (exact) mass is 533 g/mol. The first-order valence-electron chi connectivity index (χ1n) is 14.6. The first-order valence-corrected chi connectivity index (χ1v) is 14.6. The SMILES string of the molecule is c1ccc(N2c3ccccc3CC2c2ccc(C3CCC(c4ccc(-c5cc6ccccc6o5)cc4)O3)cc2)cc1. The molecule has 1 aromatic heterocycles. The van der Waals surface area contributed by atoms with E-state index in [1.165, 1.54) is 33.6 Å². The van der Waals surface area contributed by atoms with Crippen LogP contribution in [-0.2, 0) is 11.2 Å². The minimum absolute atomic E-state index is 0.113. The van der Waals surface area contributed by atoms with Gasteiger partial charge < -0.3 is 14.1 Å². The van der Waals surface area contributed by atoms with Crippen molar-refractivity contribution < 1.29 is 9.15 Å². The Bertz CT molecular complexity index is 1770. The van der Waals surface area contributed by atoms with E-state index in [1.54, 1.807) is 0 Å². The van der Waals surface area contributed by atoms with E-state index in [2.05, 4.69) is 120 Å². The van der Waals surface area contributed by atoms with Crippen molar-refractivity contribution in [3.05, 3.63) is 156 Å². The Hall–Kier alpha value is -4.60. The zero-order valence-corrected chi connectivity index (χ0v) is 22.8. The third kappa shape index (κ3) is 4.43. The van der Waals surface area contributed by atoms with Gasteiger partial charge in [-0.25, -0.2) is 0 Å². The number of fused-ring (bicyclic) bond motifs is 2. The number of rotatable bonds is 5. The quantitative estimate of drug-likeness (QED) is 0.220. The topological polar surface area (TPSA) is 25.6 Å². The number of furan rings is 1. The first kappa shape index (κ1) is 24.2. The van der Waals surface area contributed by atoms with Gasteiger partial charge in [-0.15, -0.1) is 0 Å². The Morgan fingerprint density at radius 3 is 1.98 bits per heavy atom. The summed E-state index contributed by atoms with van der Waals surface area (Å²) in [6.45, 7) is 0. The second-order valence-corrected chi connectivity index (χ2v) is 11.2. The fraction of sp³-hybridized carbons (Fsp3) is 0.158. The highest BCUT2D eigenvalue weighted by Crippen LogP contribution is 2.46. The molecule has 200 valence electrons. The van der Waals surface area contributed by atoms with Crippen LogP contribution < -0.4 is 4.90 Å². The van der Waals surface area contributed by atoms with Crippen molar-refractivity contribution in [1.82, 2.24) is 0 Å². The molecule has 0 bridgehead atoms. The second kappa shape index (κ2) is 10.1. The Labute approximate surface area is 240 Å². The van der Waals surface area contributed by atoms with Crippen molar-refractivity contribution in [2.24, 2.45) is 0 Å². The molecule has 41 heavy (non-hydrogen) atoms. The summed E-state index contributed by atoms with van der Waals surface area (Å²) >= 11 is 0. The molecule has 1 saturated heterocycles. The second-order valence-electron chi connectivity index (χ2n) is 11.2. The lowest BCUT2D eigenvalue weighted by Crippen LogP contribution is -2.19. The van der Waals surface area contributed by atoms with Gasteiger partial charge in [-0.2, -0.15) is 0 Å². The summed E-state index contributed by atoms with van der Waals surface area (Å²) in [5.74, 6) is 0.902. The summed E-state index contributed by atoms with van der Waals surface area (Å²) in [5.41, 5.74) is 9.78. The van der Waals surface area contributed by atoms with E-state index in [0.29, 0.717) is 0 Å². The lowest BCUT2D eigenvalue weighted by atomic mass is 9.98. The molecule has 0 spiro atoms. The van der Waals surface area contributed by atoms with Gasteiger partial charge in [-0.05, 0) is 71.8 Å². The van der Waals surface area contributed by atoms with Crippen LogP contribution in [0.2, 0.25) is 0 Å². The van der Waals surface area contributed by atoms with Crippen molar-refractivity contribution in [2.75, 3.05) is 4.90 Å². The molecule has 8 rings (SSSR count). The molecular formula is C38H31NO2. The Balaban J connectivity index is 0.983. The third-order valence-electron chi connectivity index (χ3n) is 8.72. The van der Waals surface area contributed by atoms with Crippen LogP contribution in [0.3, 0.4) is 0 Å². The Kier molecular flexibility index (Phi) is 5.97. The van der Waals surface area contributed by atoms with E-state index >= 15 is 0 Å². The van der Waals surface area contributed by atoms with Gasteiger partial charge in [0.15, 0.2) is 0 Å². The molecule has 2 aliphatic rings. The molecule has 5 aromatic carbocycles. The number of anilines is 2. The molecule has 0 saturated carbocycles. The zero-order valence-electron chi connectivity index (χ0n) is 22.8.